The maximum atomic E-state index is 13.4. The van der Waals surface area contributed by atoms with Crippen molar-refractivity contribution in [1.29, 1.82) is 0 Å². The quantitative estimate of drug-likeness (QED) is 0.197. The molecule has 7 nitrogen and oxygen atoms in total. The van der Waals surface area contributed by atoms with Crippen molar-refractivity contribution in [3.05, 3.63) is 74.6 Å². The van der Waals surface area contributed by atoms with Crippen molar-refractivity contribution < 1.29 is 4.74 Å². The monoisotopic (exact) mass is 577 g/mol. The summed E-state index contributed by atoms with van der Waals surface area (Å²) in [5.41, 5.74) is 6.03. The minimum absolute atomic E-state index is 0.110. The van der Waals surface area contributed by atoms with Crippen molar-refractivity contribution >= 4 is 45.1 Å². The van der Waals surface area contributed by atoms with Crippen LogP contribution >= 0.6 is 23.2 Å². The van der Waals surface area contributed by atoms with E-state index in [2.05, 4.69) is 40.7 Å². The number of aryl methyl sites for hydroxylation is 3. The Balaban J connectivity index is 1.38. The van der Waals surface area contributed by atoms with E-state index in [0.717, 1.165) is 58.6 Å². The van der Waals surface area contributed by atoms with Crippen molar-refractivity contribution in [2.24, 2.45) is 14.1 Å². The maximum Gasteiger partial charge on any atom is 0.259 e. The van der Waals surface area contributed by atoms with Crippen molar-refractivity contribution in [2.75, 3.05) is 26.2 Å². The second-order valence-corrected chi connectivity index (χ2v) is 11.4. The summed E-state index contributed by atoms with van der Waals surface area (Å²) in [6.07, 6.45) is 2.58. The molecule has 3 aromatic heterocycles. The number of hydrogen-bond acceptors (Lipinski definition) is 4. The van der Waals surface area contributed by atoms with E-state index in [-0.39, 0.29) is 5.56 Å². The molecule has 0 bridgehead atoms. The van der Waals surface area contributed by atoms with Gasteiger partial charge in [0, 0.05) is 59.7 Å². The molecule has 6 rings (SSSR count). The normalized spacial score (nSPS) is 14.2. The first-order chi connectivity index (χ1) is 19.4. The summed E-state index contributed by atoms with van der Waals surface area (Å²) in [6, 6.07) is 15.7. The van der Waals surface area contributed by atoms with Crippen LogP contribution in [0.3, 0.4) is 0 Å². The summed E-state index contributed by atoms with van der Waals surface area (Å²) in [6.45, 7) is 7.40. The Hall–Kier alpha value is -3.10. The molecule has 1 saturated heterocycles. The summed E-state index contributed by atoms with van der Waals surface area (Å²) in [5, 5.41) is 7.85. The summed E-state index contributed by atoms with van der Waals surface area (Å²) >= 11 is 12.7. The van der Waals surface area contributed by atoms with Gasteiger partial charge < -0.3 is 14.2 Å². The SMILES string of the molecule is CCn1nc(COCCN2CCCC2)cc1-c1ccc2c(c1)c1cc(-c3ccc(Cl)cc3Cl)c(=O)n(C)c1n2C. The van der Waals surface area contributed by atoms with E-state index in [4.69, 9.17) is 33.0 Å². The number of hydrogen-bond donors (Lipinski definition) is 0. The van der Waals surface area contributed by atoms with E-state index in [1.807, 2.05) is 17.8 Å². The number of benzene rings is 2. The van der Waals surface area contributed by atoms with Crippen LogP contribution in [0.1, 0.15) is 25.5 Å². The van der Waals surface area contributed by atoms with E-state index in [0.29, 0.717) is 27.8 Å². The Morgan fingerprint density at radius 1 is 0.925 bits per heavy atom. The molecule has 0 unspecified atom stereocenters. The molecule has 0 atom stereocenters. The number of rotatable bonds is 8. The van der Waals surface area contributed by atoms with Gasteiger partial charge in [-0.15, -0.1) is 0 Å². The molecule has 1 fully saturated rings. The third-order valence-electron chi connectivity index (χ3n) is 8.00. The lowest BCUT2D eigenvalue weighted by Gasteiger charge is -2.13. The topological polar surface area (TPSA) is 57.2 Å². The van der Waals surface area contributed by atoms with Gasteiger partial charge in [-0.25, -0.2) is 0 Å². The summed E-state index contributed by atoms with van der Waals surface area (Å²) in [5.74, 6) is 0. The van der Waals surface area contributed by atoms with Gasteiger partial charge in [0.2, 0.25) is 0 Å². The van der Waals surface area contributed by atoms with Crippen LogP contribution in [-0.2, 0) is 32.0 Å². The number of fused-ring (bicyclic) bond motifs is 3. The number of pyridine rings is 1. The van der Waals surface area contributed by atoms with Gasteiger partial charge in [0.25, 0.3) is 5.56 Å². The molecule has 40 heavy (non-hydrogen) atoms. The van der Waals surface area contributed by atoms with Gasteiger partial charge in [-0.3, -0.25) is 14.0 Å². The fraction of sp³-hybridized carbons (Fsp3) is 0.355. The Morgan fingerprint density at radius 2 is 1.73 bits per heavy atom. The van der Waals surface area contributed by atoms with Crippen LogP contribution in [0.5, 0.6) is 0 Å². The van der Waals surface area contributed by atoms with Gasteiger partial charge in [-0.2, -0.15) is 5.10 Å². The molecular formula is C31H33Cl2N5O2. The first-order valence-corrected chi connectivity index (χ1v) is 14.6. The van der Waals surface area contributed by atoms with E-state index in [9.17, 15) is 4.79 Å². The van der Waals surface area contributed by atoms with E-state index >= 15 is 0 Å². The Kier molecular flexibility index (Phi) is 7.48. The Labute approximate surface area is 243 Å². The maximum absolute atomic E-state index is 13.4. The van der Waals surface area contributed by atoms with Gasteiger partial charge >= 0.3 is 0 Å². The lowest BCUT2D eigenvalue weighted by molar-refractivity contribution is 0.0967. The molecule has 208 valence electrons. The van der Waals surface area contributed by atoms with Gasteiger partial charge in [0.05, 0.1) is 35.1 Å². The van der Waals surface area contributed by atoms with Crippen LogP contribution in [-0.4, -0.2) is 50.1 Å². The highest BCUT2D eigenvalue weighted by atomic mass is 35.5. The highest BCUT2D eigenvalue weighted by Crippen LogP contribution is 2.35. The third kappa shape index (κ3) is 4.85. The number of halogens is 2. The lowest BCUT2D eigenvalue weighted by Crippen LogP contribution is -2.23. The molecular weight excluding hydrogens is 545 g/mol. The number of likely N-dealkylation sites (tertiary alicyclic amines) is 1. The average molecular weight is 579 g/mol. The Morgan fingerprint density at radius 3 is 2.48 bits per heavy atom. The first-order valence-electron chi connectivity index (χ1n) is 13.8. The molecule has 0 spiro atoms. The zero-order valence-electron chi connectivity index (χ0n) is 23.1. The van der Waals surface area contributed by atoms with E-state index in [1.165, 1.54) is 25.9 Å². The molecule has 0 N–H and O–H groups in total. The molecule has 9 heteroatoms. The summed E-state index contributed by atoms with van der Waals surface area (Å²) in [7, 11) is 3.80. The molecule has 1 aliphatic rings. The molecule has 1 aliphatic heterocycles. The molecule has 0 amide bonds. The molecule has 5 aromatic rings. The highest BCUT2D eigenvalue weighted by molar-refractivity contribution is 6.36. The van der Waals surface area contributed by atoms with Crippen LogP contribution in [0.2, 0.25) is 10.0 Å². The first kappa shape index (κ1) is 27.1. The van der Waals surface area contributed by atoms with Gasteiger partial charge in [0.1, 0.15) is 5.65 Å². The fourth-order valence-corrected chi connectivity index (χ4v) is 6.45. The Bertz CT molecular complexity index is 1780. The van der Waals surface area contributed by atoms with Crippen molar-refractivity contribution in [3.63, 3.8) is 0 Å². The fourth-order valence-electron chi connectivity index (χ4n) is 5.94. The highest BCUT2D eigenvalue weighted by Gasteiger charge is 2.19. The zero-order chi connectivity index (χ0) is 28.0. The lowest BCUT2D eigenvalue weighted by atomic mass is 10.0. The van der Waals surface area contributed by atoms with Gasteiger partial charge in [-0.05, 0) is 69.3 Å². The molecule has 0 radical (unpaired) electrons. The minimum atomic E-state index is -0.110. The molecule has 0 saturated carbocycles. The van der Waals surface area contributed by atoms with Crippen molar-refractivity contribution in [3.8, 4) is 22.4 Å². The smallest absolute Gasteiger partial charge is 0.259 e. The minimum Gasteiger partial charge on any atom is -0.374 e. The van der Waals surface area contributed by atoms with Crippen molar-refractivity contribution in [2.45, 2.75) is 32.9 Å². The van der Waals surface area contributed by atoms with E-state index < -0.39 is 0 Å². The molecule has 4 heterocycles. The van der Waals surface area contributed by atoms with E-state index in [1.54, 1.807) is 29.8 Å². The van der Waals surface area contributed by atoms with Crippen LogP contribution < -0.4 is 5.56 Å². The van der Waals surface area contributed by atoms with Gasteiger partial charge in [-0.1, -0.05) is 35.3 Å². The van der Waals surface area contributed by atoms with Gasteiger partial charge in [0.15, 0.2) is 0 Å². The van der Waals surface area contributed by atoms with Crippen LogP contribution in [0.25, 0.3) is 44.3 Å². The standard InChI is InChI=1S/C31H33Cl2N5O2/c1-4-38-29(17-22(34-38)19-40-14-13-37-11-5-6-12-37)20-7-10-28-24(15-20)25-18-26(23-9-8-21(32)16-27(23)33)31(39)36(3)30(25)35(28)2/h7-10,15-18H,4-6,11-14,19H2,1-3H3. The summed E-state index contributed by atoms with van der Waals surface area (Å²) < 4.78 is 11.8. The average Bonchev–Trinajstić information content (AvgIpc) is 3.67. The van der Waals surface area contributed by atoms with Crippen LogP contribution in [0.4, 0.5) is 0 Å². The summed E-state index contributed by atoms with van der Waals surface area (Å²) in [4.78, 5) is 15.9. The second kappa shape index (κ2) is 11.1. The number of ether oxygens (including phenoxy) is 1. The van der Waals surface area contributed by atoms with Crippen molar-refractivity contribution in [1.82, 2.24) is 23.8 Å². The molecule has 2 aromatic carbocycles. The predicted octanol–water partition coefficient (Wildman–Crippen LogP) is 6.50. The molecule has 0 aliphatic carbocycles. The second-order valence-electron chi connectivity index (χ2n) is 10.5. The largest absolute Gasteiger partial charge is 0.374 e. The zero-order valence-corrected chi connectivity index (χ0v) is 24.6. The number of aromatic nitrogens is 4. The van der Waals surface area contributed by atoms with Crippen LogP contribution in [0.15, 0.2) is 53.3 Å². The number of nitrogens with zero attached hydrogens (tertiary/aromatic N) is 5. The predicted molar refractivity (Wildman–Crippen MR) is 163 cm³/mol. The third-order valence-corrected chi connectivity index (χ3v) is 8.54. The van der Waals surface area contributed by atoms with Crippen LogP contribution in [0, 0.1) is 0 Å².